The molecule has 0 radical (unpaired) electrons. The molecule has 0 aliphatic rings. The summed E-state index contributed by atoms with van der Waals surface area (Å²) in [5, 5.41) is 5.75. The summed E-state index contributed by atoms with van der Waals surface area (Å²) in [6, 6.07) is 7.68. The molecule has 3 aromatic rings. The monoisotopic (exact) mass is 332 g/mol. The molecule has 0 unspecified atom stereocenters. The molecule has 0 aliphatic heterocycles. The Bertz CT molecular complexity index is 862. The summed E-state index contributed by atoms with van der Waals surface area (Å²) >= 11 is 7.62. The summed E-state index contributed by atoms with van der Waals surface area (Å²) in [6.45, 7) is 3.35. The average molecular weight is 333 g/mol. The van der Waals surface area contributed by atoms with Crippen molar-refractivity contribution in [2.24, 2.45) is 0 Å². The number of benzene rings is 1. The first kappa shape index (κ1) is 15.0. The van der Waals surface area contributed by atoms with Gasteiger partial charge in [-0.1, -0.05) is 41.6 Å². The number of carbonyl (C=O) groups is 1. The minimum atomic E-state index is -0.0346. The normalized spacial score (nSPS) is 11.0. The fourth-order valence-electron chi connectivity index (χ4n) is 2.09. The Kier molecular flexibility index (Phi) is 4.13. The summed E-state index contributed by atoms with van der Waals surface area (Å²) in [7, 11) is 0. The van der Waals surface area contributed by atoms with E-state index in [-0.39, 0.29) is 5.78 Å². The molecule has 0 aliphatic carbocycles. The first-order valence-corrected chi connectivity index (χ1v) is 8.02. The molecule has 1 aromatic carbocycles. The van der Waals surface area contributed by atoms with Gasteiger partial charge in [-0.2, -0.15) is 9.50 Å². The number of carbonyl (C=O) groups excluding carboxylic acids is 1. The zero-order chi connectivity index (χ0) is 15.7. The van der Waals surface area contributed by atoms with Crippen molar-refractivity contribution in [3.05, 3.63) is 52.3 Å². The number of nitrogens with zero attached hydrogens (tertiary/aromatic N) is 4. The van der Waals surface area contributed by atoms with Gasteiger partial charge in [0.05, 0.1) is 11.3 Å². The van der Waals surface area contributed by atoms with Crippen LogP contribution in [-0.4, -0.2) is 25.4 Å². The van der Waals surface area contributed by atoms with E-state index in [1.165, 1.54) is 18.7 Å². The van der Waals surface area contributed by atoms with Crippen LogP contribution >= 0.6 is 23.4 Å². The van der Waals surface area contributed by atoms with E-state index in [0.29, 0.717) is 22.3 Å². The third kappa shape index (κ3) is 2.84. The van der Waals surface area contributed by atoms with Crippen LogP contribution in [0, 0.1) is 6.92 Å². The molecule has 0 saturated carbocycles. The van der Waals surface area contributed by atoms with Crippen molar-refractivity contribution < 1.29 is 4.79 Å². The molecule has 0 saturated heterocycles. The quantitative estimate of drug-likeness (QED) is 0.540. The zero-order valence-electron chi connectivity index (χ0n) is 12.1. The van der Waals surface area contributed by atoms with Gasteiger partial charge in [-0.3, -0.25) is 4.79 Å². The molecule has 0 spiro atoms. The smallest absolute Gasteiger partial charge is 0.253 e. The lowest BCUT2D eigenvalue weighted by Gasteiger charge is -2.02. The lowest BCUT2D eigenvalue weighted by Crippen LogP contribution is -2.05. The molecule has 3 rings (SSSR count). The number of halogens is 1. The lowest BCUT2D eigenvalue weighted by atomic mass is 10.2. The lowest BCUT2D eigenvalue weighted by molar-refractivity contribution is 0.101. The maximum Gasteiger partial charge on any atom is 0.253 e. The minimum absolute atomic E-state index is 0.0346. The zero-order valence-corrected chi connectivity index (χ0v) is 13.6. The number of ketones is 1. The largest absolute Gasteiger partial charge is 0.294 e. The Labute approximate surface area is 136 Å². The van der Waals surface area contributed by atoms with Crippen LogP contribution in [-0.2, 0) is 5.75 Å². The van der Waals surface area contributed by atoms with Crippen LogP contribution < -0.4 is 0 Å². The second kappa shape index (κ2) is 6.06. The standard InChI is InChI=1S/C15H13ClN4OS/c1-9-12(10(2)21)7-17-14-18-15(19-20(9)14)22-8-11-5-3-4-6-13(11)16/h3-7H,8H2,1-2H3. The van der Waals surface area contributed by atoms with E-state index in [1.807, 2.05) is 31.2 Å². The fraction of sp³-hybridized carbons (Fsp3) is 0.200. The third-order valence-corrected chi connectivity index (χ3v) is 4.54. The van der Waals surface area contributed by atoms with Gasteiger partial charge in [-0.25, -0.2) is 4.98 Å². The summed E-state index contributed by atoms with van der Waals surface area (Å²) in [4.78, 5) is 20.1. The van der Waals surface area contributed by atoms with Gasteiger partial charge in [-0.15, -0.1) is 5.10 Å². The summed E-state index contributed by atoms with van der Waals surface area (Å²) in [5.41, 5.74) is 2.33. The number of hydrogen-bond acceptors (Lipinski definition) is 5. The van der Waals surface area contributed by atoms with Gasteiger partial charge in [0.15, 0.2) is 5.78 Å². The molecule has 7 heteroatoms. The molecule has 22 heavy (non-hydrogen) atoms. The maximum absolute atomic E-state index is 11.5. The van der Waals surface area contributed by atoms with Crippen molar-refractivity contribution in [3.8, 4) is 0 Å². The first-order chi connectivity index (χ1) is 10.6. The number of aromatic nitrogens is 4. The van der Waals surface area contributed by atoms with E-state index >= 15 is 0 Å². The van der Waals surface area contributed by atoms with E-state index in [9.17, 15) is 4.79 Å². The molecule has 2 heterocycles. The molecule has 0 bridgehead atoms. The van der Waals surface area contributed by atoms with Crippen molar-refractivity contribution in [2.45, 2.75) is 24.8 Å². The maximum atomic E-state index is 11.5. The van der Waals surface area contributed by atoms with Crippen molar-refractivity contribution in [1.29, 1.82) is 0 Å². The number of aryl methyl sites for hydroxylation is 1. The Morgan fingerprint density at radius 3 is 2.86 bits per heavy atom. The van der Waals surface area contributed by atoms with Gasteiger partial charge in [0.2, 0.25) is 5.16 Å². The molecular formula is C15H13ClN4OS. The molecule has 2 aromatic heterocycles. The van der Waals surface area contributed by atoms with Gasteiger partial charge < -0.3 is 0 Å². The fourth-order valence-corrected chi connectivity index (χ4v) is 3.19. The van der Waals surface area contributed by atoms with Crippen molar-refractivity contribution >= 4 is 34.9 Å². The van der Waals surface area contributed by atoms with E-state index in [2.05, 4.69) is 15.1 Å². The van der Waals surface area contributed by atoms with Crippen LogP contribution in [0.3, 0.4) is 0 Å². The van der Waals surface area contributed by atoms with E-state index in [1.54, 1.807) is 10.7 Å². The number of rotatable bonds is 4. The minimum Gasteiger partial charge on any atom is -0.294 e. The predicted octanol–water partition coefficient (Wildman–Crippen LogP) is 3.58. The van der Waals surface area contributed by atoms with Gasteiger partial charge in [0.25, 0.3) is 5.78 Å². The van der Waals surface area contributed by atoms with Crippen molar-refractivity contribution in [1.82, 2.24) is 19.6 Å². The van der Waals surface area contributed by atoms with Crippen molar-refractivity contribution in [2.75, 3.05) is 0 Å². The first-order valence-electron chi connectivity index (χ1n) is 6.66. The molecule has 112 valence electrons. The highest BCUT2D eigenvalue weighted by molar-refractivity contribution is 7.98. The Balaban J connectivity index is 1.88. The SMILES string of the molecule is CC(=O)c1cnc2nc(SCc3ccccc3Cl)nn2c1C. The summed E-state index contributed by atoms with van der Waals surface area (Å²) < 4.78 is 1.60. The molecule has 0 amide bonds. The second-order valence-corrected chi connectivity index (χ2v) is 6.15. The molecule has 0 N–H and O–H groups in total. The Morgan fingerprint density at radius 2 is 2.14 bits per heavy atom. The number of Topliss-reactive ketones (excluding diaryl/α,β-unsaturated/α-hetero) is 1. The van der Waals surface area contributed by atoms with Gasteiger partial charge >= 0.3 is 0 Å². The van der Waals surface area contributed by atoms with Gasteiger partial charge in [0, 0.05) is 17.0 Å². The number of fused-ring (bicyclic) bond motifs is 1. The third-order valence-electron chi connectivity index (χ3n) is 3.28. The Hall–Kier alpha value is -1.92. The van der Waals surface area contributed by atoms with Crippen LogP contribution in [0.15, 0.2) is 35.6 Å². The topological polar surface area (TPSA) is 60.2 Å². The summed E-state index contributed by atoms with van der Waals surface area (Å²) in [6.07, 6.45) is 1.55. The molecule has 5 nitrogen and oxygen atoms in total. The second-order valence-electron chi connectivity index (χ2n) is 4.80. The van der Waals surface area contributed by atoms with E-state index < -0.39 is 0 Å². The van der Waals surface area contributed by atoms with Crippen LogP contribution in [0.25, 0.3) is 5.78 Å². The van der Waals surface area contributed by atoms with E-state index in [4.69, 9.17) is 11.6 Å². The average Bonchev–Trinajstić information content (AvgIpc) is 2.90. The van der Waals surface area contributed by atoms with Crippen LogP contribution in [0.5, 0.6) is 0 Å². The number of thioether (sulfide) groups is 1. The van der Waals surface area contributed by atoms with Gasteiger partial charge in [0.1, 0.15) is 0 Å². The van der Waals surface area contributed by atoms with Gasteiger partial charge in [-0.05, 0) is 25.5 Å². The van der Waals surface area contributed by atoms with Crippen LogP contribution in [0.4, 0.5) is 0 Å². The molecular weight excluding hydrogens is 320 g/mol. The molecule has 0 atom stereocenters. The van der Waals surface area contributed by atoms with Crippen molar-refractivity contribution in [3.63, 3.8) is 0 Å². The number of hydrogen-bond donors (Lipinski definition) is 0. The van der Waals surface area contributed by atoms with Crippen LogP contribution in [0.1, 0.15) is 28.5 Å². The summed E-state index contributed by atoms with van der Waals surface area (Å²) in [5.74, 6) is 1.13. The highest BCUT2D eigenvalue weighted by Crippen LogP contribution is 2.25. The Morgan fingerprint density at radius 1 is 1.36 bits per heavy atom. The predicted molar refractivity (Wildman–Crippen MR) is 86.5 cm³/mol. The highest BCUT2D eigenvalue weighted by Gasteiger charge is 2.13. The van der Waals surface area contributed by atoms with E-state index in [0.717, 1.165) is 16.3 Å². The highest BCUT2D eigenvalue weighted by atomic mass is 35.5. The van der Waals surface area contributed by atoms with Crippen LogP contribution in [0.2, 0.25) is 5.02 Å². The molecule has 0 fully saturated rings.